The maximum Gasteiger partial charge on any atom is 0.310 e. The van der Waals surface area contributed by atoms with Crippen LogP contribution in [-0.2, 0) is 17.7 Å². The highest BCUT2D eigenvalue weighted by atomic mass is 35.5. The third-order valence-corrected chi connectivity index (χ3v) is 6.79. The molecule has 10 heteroatoms. The molecule has 1 aliphatic rings. The smallest absolute Gasteiger partial charge is 0.310 e. The van der Waals surface area contributed by atoms with Gasteiger partial charge in [0.25, 0.3) is 0 Å². The number of hydrogen-bond donors (Lipinski definition) is 2. The zero-order valence-electron chi connectivity index (χ0n) is 19.7. The number of thiazole rings is 1. The molecule has 2 N–H and O–H groups in total. The van der Waals surface area contributed by atoms with Gasteiger partial charge in [0, 0.05) is 38.8 Å². The number of anilines is 2. The summed E-state index contributed by atoms with van der Waals surface area (Å²) in [5.41, 5.74) is -1.58. The third-order valence-electron chi connectivity index (χ3n) is 5.81. The molecule has 0 spiro atoms. The average Bonchev–Trinajstić information content (AvgIpc) is 3.30. The number of nitrogens with one attached hydrogen (secondary N) is 1. The van der Waals surface area contributed by atoms with Gasteiger partial charge in [-0.25, -0.2) is 18.7 Å². The molecule has 2 atom stereocenters. The molecule has 6 nitrogen and oxygen atoms in total. The molecule has 0 unspecified atom stereocenters. The number of carbonyl (C=O) groups is 1. The Morgan fingerprint density at radius 2 is 2.24 bits per heavy atom. The molecule has 1 saturated heterocycles. The molecule has 0 aliphatic carbocycles. The van der Waals surface area contributed by atoms with Crippen LogP contribution in [0.4, 0.5) is 19.7 Å². The van der Waals surface area contributed by atoms with Crippen molar-refractivity contribution in [1.29, 1.82) is 0 Å². The molecule has 0 amide bonds. The number of aliphatic carboxylic acids is 1. The first-order chi connectivity index (χ1) is 16.5. The van der Waals surface area contributed by atoms with E-state index in [1.54, 1.807) is 18.5 Å². The number of benzene rings is 1. The SMILES string of the molecule is [2H]C([2H])(c1cccc(Cl)c1F)N1CC[C@](Cc2nc(Nc3nccs3)ccc2F)(C(=O)O)C[C@@H]1C. The van der Waals surface area contributed by atoms with E-state index >= 15 is 0 Å². The van der Waals surface area contributed by atoms with E-state index in [-0.39, 0.29) is 42.1 Å². The first-order valence-electron chi connectivity index (χ1n) is 11.3. The molecule has 3 aromatic rings. The molecule has 1 fully saturated rings. The second-order valence-corrected chi connectivity index (χ2v) is 9.36. The molecule has 4 rings (SSSR count). The van der Waals surface area contributed by atoms with Gasteiger partial charge in [0.05, 0.1) is 16.1 Å². The van der Waals surface area contributed by atoms with Gasteiger partial charge in [-0.1, -0.05) is 23.7 Å². The fourth-order valence-corrected chi connectivity index (χ4v) is 4.78. The minimum Gasteiger partial charge on any atom is -0.481 e. The highest BCUT2D eigenvalue weighted by Crippen LogP contribution is 2.39. The van der Waals surface area contributed by atoms with Crippen LogP contribution in [0, 0.1) is 17.0 Å². The van der Waals surface area contributed by atoms with Crippen LogP contribution in [0.3, 0.4) is 0 Å². The van der Waals surface area contributed by atoms with Gasteiger partial charge in [-0.2, -0.15) is 0 Å². The van der Waals surface area contributed by atoms with E-state index in [0.29, 0.717) is 10.9 Å². The van der Waals surface area contributed by atoms with Crippen molar-refractivity contribution in [2.24, 2.45) is 5.41 Å². The van der Waals surface area contributed by atoms with Crippen LogP contribution >= 0.6 is 22.9 Å². The number of aromatic nitrogens is 2. The van der Waals surface area contributed by atoms with Crippen molar-refractivity contribution >= 4 is 39.9 Å². The Morgan fingerprint density at radius 1 is 1.42 bits per heavy atom. The van der Waals surface area contributed by atoms with Crippen molar-refractivity contribution in [2.45, 2.75) is 38.7 Å². The highest BCUT2D eigenvalue weighted by molar-refractivity contribution is 7.13. The molecule has 3 heterocycles. The number of likely N-dealkylation sites (tertiary alicyclic amines) is 1. The molecule has 1 aliphatic heterocycles. The van der Waals surface area contributed by atoms with E-state index in [1.807, 2.05) is 0 Å². The fraction of sp³-hybridized carbons (Fsp3) is 0.348. The van der Waals surface area contributed by atoms with E-state index in [1.165, 1.54) is 46.6 Å². The molecule has 0 saturated carbocycles. The topological polar surface area (TPSA) is 78.4 Å². The highest BCUT2D eigenvalue weighted by Gasteiger charge is 2.45. The number of hydrogen-bond acceptors (Lipinski definition) is 6. The van der Waals surface area contributed by atoms with E-state index < -0.39 is 35.6 Å². The van der Waals surface area contributed by atoms with Crippen LogP contribution in [0.15, 0.2) is 41.9 Å². The molecule has 1 aromatic carbocycles. The predicted octanol–water partition coefficient (Wildman–Crippen LogP) is 5.51. The minimum atomic E-state index is -2.22. The van der Waals surface area contributed by atoms with Crippen LogP contribution in [-0.4, -0.2) is 38.5 Å². The van der Waals surface area contributed by atoms with Crippen molar-refractivity contribution in [3.63, 3.8) is 0 Å². The summed E-state index contributed by atoms with van der Waals surface area (Å²) in [4.78, 5) is 22.3. The lowest BCUT2D eigenvalue weighted by Crippen LogP contribution is -2.50. The van der Waals surface area contributed by atoms with Gasteiger partial charge in [0.1, 0.15) is 17.5 Å². The zero-order chi connectivity index (χ0) is 25.4. The van der Waals surface area contributed by atoms with E-state index in [0.717, 1.165) is 0 Å². The molecule has 33 heavy (non-hydrogen) atoms. The van der Waals surface area contributed by atoms with Crippen LogP contribution in [0.5, 0.6) is 0 Å². The molecule has 0 radical (unpaired) electrons. The molecular formula is C23H23ClF2N4O2S. The Kier molecular flexibility index (Phi) is 6.16. The van der Waals surface area contributed by atoms with Gasteiger partial charge in [-0.3, -0.25) is 9.69 Å². The predicted molar refractivity (Wildman–Crippen MR) is 124 cm³/mol. The van der Waals surface area contributed by atoms with Crippen LogP contribution in [0.25, 0.3) is 0 Å². The Labute approximate surface area is 202 Å². The quantitative estimate of drug-likeness (QED) is 0.451. The summed E-state index contributed by atoms with van der Waals surface area (Å²) < 4.78 is 46.5. The first-order valence-corrected chi connectivity index (χ1v) is 11.6. The van der Waals surface area contributed by atoms with Crippen molar-refractivity contribution in [3.8, 4) is 0 Å². The fourth-order valence-electron chi connectivity index (χ4n) is 4.07. The number of piperidine rings is 1. The lowest BCUT2D eigenvalue weighted by Gasteiger charge is -2.43. The Morgan fingerprint density at radius 3 is 2.94 bits per heavy atom. The standard InChI is InChI=1S/C23H23ClF2N4O2S/c1-14-11-23(21(31)32,7-9-30(14)13-15-3-2-4-16(24)20(15)26)12-18-17(25)5-6-19(28-18)29-22-27-8-10-33-22/h2-6,8,10,14H,7,9,11-13H2,1H3,(H,31,32)(H,27,28,29)/t14-,23-/m0/s1/i13D2. The van der Waals surface area contributed by atoms with Crippen LogP contribution < -0.4 is 5.32 Å². The monoisotopic (exact) mass is 494 g/mol. The second-order valence-electron chi connectivity index (χ2n) is 8.06. The van der Waals surface area contributed by atoms with E-state index in [4.69, 9.17) is 14.3 Å². The largest absolute Gasteiger partial charge is 0.481 e. The zero-order valence-corrected chi connectivity index (χ0v) is 19.3. The van der Waals surface area contributed by atoms with Crippen molar-refractivity contribution in [3.05, 3.63) is 69.8 Å². The Bertz CT molecular complexity index is 1230. The molecule has 174 valence electrons. The van der Waals surface area contributed by atoms with E-state index in [9.17, 15) is 18.7 Å². The molecule has 0 bridgehead atoms. The number of carboxylic acid groups (broad SMARTS) is 1. The number of halogens is 3. The van der Waals surface area contributed by atoms with Gasteiger partial charge in [-0.05, 0) is 44.5 Å². The van der Waals surface area contributed by atoms with Crippen molar-refractivity contribution in [1.82, 2.24) is 14.9 Å². The lowest BCUT2D eigenvalue weighted by atomic mass is 9.72. The van der Waals surface area contributed by atoms with Crippen molar-refractivity contribution in [2.75, 3.05) is 11.9 Å². The maximum absolute atomic E-state index is 14.7. The van der Waals surface area contributed by atoms with E-state index in [2.05, 4.69) is 15.3 Å². The number of nitrogens with zero attached hydrogens (tertiary/aromatic N) is 3. The molecular weight excluding hydrogens is 470 g/mol. The maximum atomic E-state index is 14.7. The third kappa shape index (κ3) is 5.15. The van der Waals surface area contributed by atoms with Crippen LogP contribution in [0.2, 0.25) is 5.02 Å². The summed E-state index contributed by atoms with van der Waals surface area (Å²) >= 11 is 7.20. The number of pyridine rings is 1. The summed E-state index contributed by atoms with van der Waals surface area (Å²) in [6.45, 7) is -0.521. The van der Waals surface area contributed by atoms with Gasteiger partial charge in [0.2, 0.25) is 0 Å². The Balaban J connectivity index is 1.58. The van der Waals surface area contributed by atoms with Gasteiger partial charge >= 0.3 is 5.97 Å². The first kappa shape index (κ1) is 20.9. The summed E-state index contributed by atoms with van der Waals surface area (Å²) in [5, 5.41) is 15.3. The van der Waals surface area contributed by atoms with Crippen molar-refractivity contribution < 1.29 is 21.4 Å². The van der Waals surface area contributed by atoms with Gasteiger partial charge < -0.3 is 10.4 Å². The summed E-state index contributed by atoms with van der Waals surface area (Å²) in [6.07, 6.45) is 1.49. The number of carboxylic acids is 1. The van der Waals surface area contributed by atoms with Crippen LogP contribution in [0.1, 0.15) is 33.8 Å². The lowest BCUT2D eigenvalue weighted by molar-refractivity contribution is -0.153. The average molecular weight is 495 g/mol. The minimum absolute atomic E-state index is 0.00139. The molecule has 2 aromatic heterocycles. The summed E-state index contributed by atoms with van der Waals surface area (Å²) in [7, 11) is 0. The van der Waals surface area contributed by atoms with Gasteiger partial charge in [-0.15, -0.1) is 11.3 Å². The summed E-state index contributed by atoms with van der Waals surface area (Å²) in [5.74, 6) is -2.24. The second kappa shape index (κ2) is 9.70. The van der Waals surface area contributed by atoms with Gasteiger partial charge in [0.15, 0.2) is 5.13 Å². The summed E-state index contributed by atoms with van der Waals surface area (Å²) in [6, 6.07) is 6.22. The Hall–Kier alpha value is -2.62. The normalized spacial score (nSPS) is 22.5. The number of rotatable bonds is 7.